The maximum atomic E-state index is 13.9. The molecular weight excluding hydrogens is 412 g/mol. The number of pyridine rings is 1. The van der Waals surface area contributed by atoms with Crippen molar-refractivity contribution in [3.8, 4) is 5.75 Å². The van der Waals surface area contributed by atoms with Crippen molar-refractivity contribution < 1.29 is 14.3 Å². The zero-order valence-corrected chi connectivity index (χ0v) is 18.4. The third kappa shape index (κ3) is 3.66. The smallest absolute Gasteiger partial charge is 0.279 e. The van der Waals surface area contributed by atoms with Gasteiger partial charge < -0.3 is 9.47 Å². The third-order valence-corrected chi connectivity index (χ3v) is 6.51. The van der Waals surface area contributed by atoms with Crippen molar-refractivity contribution in [2.45, 2.75) is 32.8 Å². The number of anilines is 1. The largest absolute Gasteiger partial charge is 0.492 e. The van der Waals surface area contributed by atoms with Crippen LogP contribution in [0, 0.1) is 6.92 Å². The molecule has 0 radical (unpaired) electrons. The van der Waals surface area contributed by atoms with Crippen LogP contribution in [0.25, 0.3) is 15.9 Å². The van der Waals surface area contributed by atoms with Crippen LogP contribution < -0.4 is 9.64 Å². The summed E-state index contributed by atoms with van der Waals surface area (Å²) in [7, 11) is 0. The number of ether oxygens (including phenoxy) is 2. The number of hydrogen-bond acceptors (Lipinski definition) is 6. The molecule has 1 atom stereocenters. The van der Waals surface area contributed by atoms with E-state index in [2.05, 4.69) is 4.98 Å². The van der Waals surface area contributed by atoms with Gasteiger partial charge in [-0.05, 0) is 51.0 Å². The first-order valence-electron chi connectivity index (χ1n) is 10.5. The number of para-hydroxylation sites is 1. The van der Waals surface area contributed by atoms with Gasteiger partial charge in [-0.1, -0.05) is 23.5 Å². The summed E-state index contributed by atoms with van der Waals surface area (Å²) in [6, 6.07) is 11.6. The average Bonchev–Trinajstić information content (AvgIpc) is 3.49. The van der Waals surface area contributed by atoms with Crippen molar-refractivity contribution in [3.05, 3.63) is 54.0 Å². The van der Waals surface area contributed by atoms with Crippen LogP contribution in [0.2, 0.25) is 0 Å². The Labute approximate surface area is 184 Å². The van der Waals surface area contributed by atoms with Crippen LogP contribution in [0.1, 0.15) is 35.9 Å². The number of carbonyl (C=O) groups is 1. The first kappa shape index (κ1) is 20.0. The first-order valence-corrected chi connectivity index (χ1v) is 11.4. The molecule has 1 fully saturated rings. The molecule has 4 heterocycles. The van der Waals surface area contributed by atoms with Crippen molar-refractivity contribution >= 4 is 38.2 Å². The van der Waals surface area contributed by atoms with Gasteiger partial charge in [0.05, 0.1) is 29.6 Å². The lowest BCUT2D eigenvalue weighted by molar-refractivity contribution is 0.0912. The Bertz CT molecular complexity index is 1240. The second-order valence-electron chi connectivity index (χ2n) is 7.56. The van der Waals surface area contributed by atoms with Crippen LogP contribution in [0.3, 0.4) is 0 Å². The molecule has 1 amide bonds. The second-order valence-corrected chi connectivity index (χ2v) is 8.57. The Morgan fingerprint density at radius 1 is 1.29 bits per heavy atom. The van der Waals surface area contributed by atoms with E-state index in [1.807, 2.05) is 60.8 Å². The van der Waals surface area contributed by atoms with E-state index in [9.17, 15) is 4.79 Å². The molecule has 0 aliphatic carbocycles. The molecule has 1 aliphatic heterocycles. The van der Waals surface area contributed by atoms with Gasteiger partial charge >= 0.3 is 0 Å². The standard InChI is InChI=1S/C23H24N4O3S/c1-3-29-17-9-6-10-18-20(17)25-23(31-18)27(14-16-8-7-13-30-16)22(28)21-15(2)24-19-11-4-5-12-26(19)21/h4-6,9-12,16H,3,7-8,13-14H2,1-2H3. The molecule has 0 saturated carbocycles. The fourth-order valence-electron chi connectivity index (χ4n) is 4.04. The first-order chi connectivity index (χ1) is 15.2. The maximum Gasteiger partial charge on any atom is 0.279 e. The van der Waals surface area contributed by atoms with Gasteiger partial charge in [0.15, 0.2) is 5.13 Å². The van der Waals surface area contributed by atoms with Gasteiger partial charge in [-0.3, -0.25) is 14.1 Å². The van der Waals surface area contributed by atoms with E-state index < -0.39 is 0 Å². The molecule has 1 aliphatic rings. The number of carbonyl (C=O) groups excluding carboxylic acids is 1. The molecule has 0 bridgehead atoms. The highest BCUT2D eigenvalue weighted by Crippen LogP contribution is 2.35. The number of thiazole rings is 1. The van der Waals surface area contributed by atoms with E-state index in [1.54, 1.807) is 4.90 Å². The predicted octanol–water partition coefficient (Wildman–Crippen LogP) is 4.48. The zero-order valence-electron chi connectivity index (χ0n) is 17.6. The number of benzene rings is 1. The van der Waals surface area contributed by atoms with Gasteiger partial charge in [-0.15, -0.1) is 0 Å². The topological polar surface area (TPSA) is 69.0 Å². The predicted molar refractivity (Wildman–Crippen MR) is 121 cm³/mol. The SMILES string of the molecule is CCOc1cccc2sc(N(CC3CCCO3)C(=O)c3c(C)nc4ccccn34)nc12. The molecule has 8 heteroatoms. The van der Waals surface area contributed by atoms with E-state index in [1.165, 1.54) is 11.3 Å². The highest BCUT2D eigenvalue weighted by atomic mass is 32.1. The minimum Gasteiger partial charge on any atom is -0.492 e. The Kier molecular flexibility index (Phi) is 5.33. The molecule has 5 rings (SSSR count). The second kappa shape index (κ2) is 8.28. The molecule has 31 heavy (non-hydrogen) atoms. The van der Waals surface area contributed by atoms with Gasteiger partial charge in [0.2, 0.25) is 0 Å². The quantitative estimate of drug-likeness (QED) is 0.446. The van der Waals surface area contributed by atoms with Crippen molar-refractivity contribution in [1.29, 1.82) is 0 Å². The van der Waals surface area contributed by atoms with Crippen LogP contribution in [0.15, 0.2) is 42.6 Å². The monoisotopic (exact) mass is 436 g/mol. The highest BCUT2D eigenvalue weighted by Gasteiger charge is 2.30. The number of fused-ring (bicyclic) bond motifs is 2. The summed E-state index contributed by atoms with van der Waals surface area (Å²) in [5, 5.41) is 0.646. The molecule has 1 unspecified atom stereocenters. The lowest BCUT2D eigenvalue weighted by Gasteiger charge is -2.23. The normalized spacial score (nSPS) is 16.3. The number of hydrogen-bond donors (Lipinski definition) is 0. The summed E-state index contributed by atoms with van der Waals surface area (Å²) in [6.45, 7) is 5.58. The molecule has 1 saturated heterocycles. The molecule has 160 valence electrons. The van der Waals surface area contributed by atoms with E-state index in [0.29, 0.717) is 29.7 Å². The maximum absolute atomic E-state index is 13.9. The van der Waals surface area contributed by atoms with E-state index in [0.717, 1.165) is 41.1 Å². The van der Waals surface area contributed by atoms with Gasteiger partial charge in [-0.2, -0.15) is 0 Å². The van der Waals surface area contributed by atoms with E-state index in [4.69, 9.17) is 14.5 Å². The lowest BCUT2D eigenvalue weighted by Crippen LogP contribution is -2.38. The highest BCUT2D eigenvalue weighted by molar-refractivity contribution is 7.22. The van der Waals surface area contributed by atoms with Crippen molar-refractivity contribution in [2.75, 3.05) is 24.7 Å². The summed E-state index contributed by atoms with van der Waals surface area (Å²) >= 11 is 1.49. The van der Waals surface area contributed by atoms with E-state index in [-0.39, 0.29) is 12.0 Å². The number of aromatic nitrogens is 3. The van der Waals surface area contributed by atoms with Gasteiger partial charge in [0.25, 0.3) is 5.91 Å². The lowest BCUT2D eigenvalue weighted by atomic mass is 10.2. The van der Waals surface area contributed by atoms with E-state index >= 15 is 0 Å². The molecule has 0 N–H and O–H groups in total. The number of nitrogens with zero attached hydrogens (tertiary/aromatic N) is 4. The third-order valence-electron chi connectivity index (χ3n) is 5.46. The molecule has 0 spiro atoms. The van der Waals surface area contributed by atoms with Crippen LogP contribution in [-0.2, 0) is 4.74 Å². The van der Waals surface area contributed by atoms with Crippen LogP contribution in [0.5, 0.6) is 5.75 Å². The molecular formula is C23H24N4O3S. The minimum absolute atomic E-state index is 0.00168. The van der Waals surface area contributed by atoms with Gasteiger partial charge in [-0.25, -0.2) is 9.97 Å². The molecule has 7 nitrogen and oxygen atoms in total. The molecule has 1 aromatic carbocycles. The minimum atomic E-state index is -0.122. The fraction of sp³-hybridized carbons (Fsp3) is 0.348. The zero-order chi connectivity index (χ0) is 21.4. The summed E-state index contributed by atoms with van der Waals surface area (Å²) < 4.78 is 14.5. The van der Waals surface area contributed by atoms with Crippen LogP contribution in [-0.4, -0.2) is 46.1 Å². The average molecular weight is 437 g/mol. The molecule has 3 aromatic heterocycles. The van der Waals surface area contributed by atoms with Crippen molar-refractivity contribution in [3.63, 3.8) is 0 Å². The Morgan fingerprint density at radius 2 is 2.19 bits per heavy atom. The summed E-state index contributed by atoms with van der Waals surface area (Å²) in [4.78, 5) is 25.0. The Balaban J connectivity index is 1.60. The Hall–Kier alpha value is -2.97. The summed E-state index contributed by atoms with van der Waals surface area (Å²) in [5.41, 5.74) is 2.79. The molecule has 4 aromatic rings. The summed E-state index contributed by atoms with van der Waals surface area (Å²) in [6.07, 6.45) is 3.82. The van der Waals surface area contributed by atoms with Crippen molar-refractivity contribution in [1.82, 2.24) is 14.4 Å². The fourth-order valence-corrected chi connectivity index (χ4v) is 5.03. The van der Waals surface area contributed by atoms with Gasteiger partial charge in [0, 0.05) is 12.8 Å². The van der Waals surface area contributed by atoms with Crippen LogP contribution >= 0.6 is 11.3 Å². The number of imidazole rings is 1. The van der Waals surface area contributed by atoms with Crippen LogP contribution in [0.4, 0.5) is 5.13 Å². The van der Waals surface area contributed by atoms with Gasteiger partial charge in [0.1, 0.15) is 22.6 Å². The van der Waals surface area contributed by atoms with Crippen molar-refractivity contribution in [2.24, 2.45) is 0 Å². The summed E-state index contributed by atoms with van der Waals surface area (Å²) in [5.74, 6) is 0.613. The number of aryl methyl sites for hydroxylation is 1. The number of rotatable bonds is 6. The Morgan fingerprint density at radius 3 is 3.00 bits per heavy atom. The number of amides is 1.